The van der Waals surface area contributed by atoms with Crippen LogP contribution in [-0.2, 0) is 9.84 Å². The van der Waals surface area contributed by atoms with Gasteiger partial charge in [0.25, 0.3) is 11.5 Å². The van der Waals surface area contributed by atoms with Crippen LogP contribution in [0, 0.1) is 0 Å². The van der Waals surface area contributed by atoms with Crippen LogP contribution in [0.1, 0.15) is 61.6 Å². The zero-order chi connectivity index (χ0) is 30.0. The molecule has 5 rings (SSSR count). The summed E-state index contributed by atoms with van der Waals surface area (Å²) in [4.78, 5) is 42.6. The van der Waals surface area contributed by atoms with Gasteiger partial charge in [-0.3, -0.25) is 14.8 Å². The summed E-state index contributed by atoms with van der Waals surface area (Å²) in [7, 11) is -1.98. The number of benzene rings is 1. The topological polar surface area (TPSA) is 183 Å². The first-order valence-corrected chi connectivity index (χ1v) is 15.4. The summed E-state index contributed by atoms with van der Waals surface area (Å²) in [5.74, 6) is 0.334. The van der Waals surface area contributed by atoms with Crippen molar-refractivity contribution in [3.63, 3.8) is 0 Å². The van der Waals surface area contributed by atoms with Gasteiger partial charge in [-0.15, -0.1) is 0 Å². The minimum atomic E-state index is -3.75. The molecule has 1 atom stereocenters. The van der Waals surface area contributed by atoms with E-state index in [1.165, 1.54) is 30.0 Å². The number of fused-ring (bicyclic) bond motifs is 1. The van der Waals surface area contributed by atoms with E-state index in [0.29, 0.717) is 61.2 Å². The van der Waals surface area contributed by atoms with Crippen molar-refractivity contribution in [2.45, 2.75) is 55.7 Å². The molecule has 2 aliphatic heterocycles. The first-order chi connectivity index (χ1) is 20.2. The predicted octanol–water partition coefficient (Wildman–Crippen LogP) is 1.98. The van der Waals surface area contributed by atoms with Gasteiger partial charge in [0.05, 0.1) is 39.6 Å². The molecule has 4 heterocycles. The van der Waals surface area contributed by atoms with E-state index in [1.807, 2.05) is 11.8 Å². The Morgan fingerprint density at radius 3 is 2.55 bits per heavy atom. The van der Waals surface area contributed by atoms with Crippen molar-refractivity contribution in [2.24, 2.45) is 0 Å². The molecule has 2 aliphatic rings. The van der Waals surface area contributed by atoms with Crippen molar-refractivity contribution in [2.75, 3.05) is 36.7 Å². The number of carbonyl (C=O) groups excluding carboxylic acids is 1. The van der Waals surface area contributed by atoms with Crippen molar-refractivity contribution in [1.82, 2.24) is 30.8 Å². The minimum Gasteiger partial charge on any atom is -0.493 e. The molecule has 15 heteroatoms. The van der Waals surface area contributed by atoms with Gasteiger partial charge in [0.1, 0.15) is 17.3 Å². The standard InChI is InChI=1S/C27H34N8O6S/c1-4-6-20-22-23(34(3)32-20)26(37)31-24(30-22)19-13-18(7-8-21(19)41-5-2)42(39,40)17-9-11-35(12-10-17)27-28-14-16(15-29-27)25(36)33-38/h7-8,13-15,17,20,32,38H,4-6,9-12H2,1-3H3,(H,33,36)(H,30,31,37). The van der Waals surface area contributed by atoms with Crippen LogP contribution in [0.5, 0.6) is 5.75 Å². The summed E-state index contributed by atoms with van der Waals surface area (Å²) in [6.45, 7) is 5.04. The molecule has 0 saturated carbocycles. The Labute approximate surface area is 243 Å². The van der Waals surface area contributed by atoms with Crippen molar-refractivity contribution in [3.05, 3.63) is 52.2 Å². The van der Waals surface area contributed by atoms with Crippen molar-refractivity contribution in [1.29, 1.82) is 0 Å². The third-order valence-corrected chi connectivity index (χ3v) is 9.77. The maximum Gasteiger partial charge on any atom is 0.277 e. The lowest BCUT2D eigenvalue weighted by Crippen LogP contribution is -2.40. The number of ether oxygens (including phenoxy) is 1. The Balaban J connectivity index is 1.41. The number of hydroxylamine groups is 1. The summed E-state index contributed by atoms with van der Waals surface area (Å²) in [6.07, 6.45) is 4.97. The Bertz CT molecular complexity index is 1620. The summed E-state index contributed by atoms with van der Waals surface area (Å²) >= 11 is 0. The molecule has 1 unspecified atom stereocenters. The number of sulfone groups is 1. The Morgan fingerprint density at radius 2 is 1.90 bits per heavy atom. The third kappa shape index (κ3) is 5.54. The second kappa shape index (κ2) is 12.0. The van der Waals surface area contributed by atoms with Crippen LogP contribution in [-0.4, -0.2) is 71.5 Å². The van der Waals surface area contributed by atoms with Crippen LogP contribution in [0.4, 0.5) is 11.6 Å². The largest absolute Gasteiger partial charge is 0.493 e. The van der Waals surface area contributed by atoms with Gasteiger partial charge in [0.15, 0.2) is 9.84 Å². The number of H-pyrrole nitrogens is 1. The molecule has 3 aromatic rings. The number of carbonyl (C=O) groups is 1. The number of rotatable bonds is 9. The van der Waals surface area contributed by atoms with E-state index in [1.54, 1.807) is 18.1 Å². The number of amides is 1. The van der Waals surface area contributed by atoms with E-state index in [4.69, 9.17) is 14.9 Å². The smallest absolute Gasteiger partial charge is 0.277 e. The van der Waals surface area contributed by atoms with E-state index >= 15 is 0 Å². The lowest BCUT2D eigenvalue weighted by atomic mass is 10.1. The van der Waals surface area contributed by atoms with Crippen molar-refractivity contribution >= 4 is 27.4 Å². The van der Waals surface area contributed by atoms with E-state index in [0.717, 1.165) is 12.8 Å². The maximum atomic E-state index is 13.8. The van der Waals surface area contributed by atoms with Gasteiger partial charge in [-0.1, -0.05) is 13.3 Å². The van der Waals surface area contributed by atoms with Crippen LogP contribution in [0.2, 0.25) is 0 Å². The monoisotopic (exact) mass is 598 g/mol. The maximum absolute atomic E-state index is 13.8. The predicted molar refractivity (Wildman–Crippen MR) is 154 cm³/mol. The molecule has 0 spiro atoms. The molecular weight excluding hydrogens is 564 g/mol. The highest BCUT2D eigenvalue weighted by Crippen LogP contribution is 2.36. The SMILES string of the molecule is CCCC1NN(C)c2c1nc(-c1cc(S(=O)(=O)C3CCN(c4ncc(C(=O)NO)cn4)CC3)ccc1OCC)[nH]c2=O. The number of hydrogen-bond donors (Lipinski definition) is 4. The number of aromatic nitrogens is 4. The van der Waals surface area contributed by atoms with Gasteiger partial charge in [0, 0.05) is 32.5 Å². The highest BCUT2D eigenvalue weighted by molar-refractivity contribution is 7.92. The van der Waals surface area contributed by atoms with Crippen molar-refractivity contribution < 1.29 is 23.2 Å². The highest BCUT2D eigenvalue weighted by Gasteiger charge is 2.34. The number of hydrazine groups is 1. The lowest BCUT2D eigenvalue weighted by molar-refractivity contribution is 0.0705. The summed E-state index contributed by atoms with van der Waals surface area (Å²) in [5, 5.41) is 9.80. The zero-order valence-corrected chi connectivity index (χ0v) is 24.4. The van der Waals surface area contributed by atoms with Gasteiger partial charge in [-0.05, 0) is 44.4 Å². The molecule has 1 saturated heterocycles. The second-order valence-electron chi connectivity index (χ2n) is 10.2. The quantitative estimate of drug-likeness (QED) is 0.208. The van der Waals surface area contributed by atoms with E-state index in [9.17, 15) is 18.0 Å². The molecule has 1 aromatic carbocycles. The van der Waals surface area contributed by atoms with Crippen LogP contribution in [0.15, 0.2) is 40.3 Å². The molecule has 0 bridgehead atoms. The van der Waals surface area contributed by atoms with Crippen LogP contribution in [0.25, 0.3) is 11.4 Å². The van der Waals surface area contributed by atoms with E-state index in [2.05, 4.69) is 27.3 Å². The number of piperidine rings is 1. The van der Waals surface area contributed by atoms with Crippen LogP contribution >= 0.6 is 0 Å². The average molecular weight is 599 g/mol. The first-order valence-electron chi connectivity index (χ1n) is 13.8. The average Bonchev–Trinajstić information content (AvgIpc) is 3.32. The van der Waals surface area contributed by atoms with Gasteiger partial charge in [-0.25, -0.2) is 34.3 Å². The Morgan fingerprint density at radius 1 is 1.19 bits per heavy atom. The Kier molecular flexibility index (Phi) is 8.43. The fourth-order valence-electron chi connectivity index (χ4n) is 5.41. The van der Waals surface area contributed by atoms with Gasteiger partial charge in [0.2, 0.25) is 5.95 Å². The van der Waals surface area contributed by atoms with Gasteiger partial charge >= 0.3 is 0 Å². The summed E-state index contributed by atoms with van der Waals surface area (Å²) in [5.41, 5.74) is 6.05. The molecule has 224 valence electrons. The minimum absolute atomic E-state index is 0.105. The number of hydrogen-bond acceptors (Lipinski definition) is 12. The zero-order valence-electron chi connectivity index (χ0n) is 23.6. The number of anilines is 2. The Hall–Kier alpha value is -4.08. The lowest BCUT2D eigenvalue weighted by Gasteiger charge is -2.31. The molecular formula is C27H34N8O6S. The molecule has 0 aliphatic carbocycles. The first kappa shape index (κ1) is 29.4. The second-order valence-corrected chi connectivity index (χ2v) is 12.4. The van der Waals surface area contributed by atoms with E-state index < -0.39 is 21.0 Å². The molecule has 0 radical (unpaired) electrons. The third-order valence-electron chi connectivity index (χ3n) is 7.51. The number of nitrogens with zero attached hydrogens (tertiary/aromatic N) is 5. The molecule has 4 N–H and O–H groups in total. The van der Waals surface area contributed by atoms with Crippen LogP contribution in [0.3, 0.4) is 0 Å². The normalized spacial score (nSPS) is 17.3. The number of nitrogens with one attached hydrogen (secondary N) is 3. The fraction of sp³-hybridized carbons (Fsp3) is 0.444. The van der Waals surface area contributed by atoms with Crippen LogP contribution < -0.4 is 31.1 Å². The molecule has 1 amide bonds. The van der Waals surface area contributed by atoms with E-state index in [-0.39, 0.29) is 27.9 Å². The summed E-state index contributed by atoms with van der Waals surface area (Å²) < 4.78 is 33.4. The van der Waals surface area contributed by atoms with Gasteiger partial charge in [-0.2, -0.15) is 0 Å². The number of aromatic amines is 1. The fourth-order valence-corrected chi connectivity index (χ4v) is 7.16. The molecule has 42 heavy (non-hydrogen) atoms. The molecule has 14 nitrogen and oxygen atoms in total. The van der Waals surface area contributed by atoms with Gasteiger partial charge < -0.3 is 19.6 Å². The van der Waals surface area contributed by atoms with Crippen molar-refractivity contribution in [3.8, 4) is 17.1 Å². The molecule has 1 fully saturated rings. The highest BCUT2D eigenvalue weighted by atomic mass is 32.2. The summed E-state index contributed by atoms with van der Waals surface area (Å²) in [6, 6.07) is 4.55. The molecule has 2 aromatic heterocycles.